The highest BCUT2D eigenvalue weighted by atomic mass is 14.9. The van der Waals surface area contributed by atoms with Crippen molar-refractivity contribution in [3.05, 3.63) is 76.0 Å². The molecule has 3 aromatic rings. The molecule has 0 N–H and O–H groups in total. The monoisotopic (exact) mass is 410 g/mol. The van der Waals surface area contributed by atoms with Crippen LogP contribution in [0.2, 0.25) is 0 Å². The largest absolute Gasteiger partial charge is 0.213 e. The molecule has 31 heavy (non-hydrogen) atoms. The molecular weight excluding hydrogens is 374 g/mol. The van der Waals surface area contributed by atoms with Crippen LogP contribution in [-0.2, 0) is 13.5 Å². The Morgan fingerprint density at radius 2 is 1.55 bits per heavy atom. The normalized spacial score (nSPS) is 17.5. The van der Waals surface area contributed by atoms with Crippen LogP contribution in [0.5, 0.6) is 0 Å². The van der Waals surface area contributed by atoms with Crippen LogP contribution in [0.15, 0.2) is 42.6 Å². The van der Waals surface area contributed by atoms with Crippen LogP contribution in [0, 0.1) is 26.2 Å². The number of pyridine rings is 1. The molecule has 5 rings (SSSR count). The van der Waals surface area contributed by atoms with E-state index < -0.39 is 0 Å². The van der Waals surface area contributed by atoms with Gasteiger partial charge in [-0.2, -0.15) is 0 Å². The fraction of sp³-hybridized carbons (Fsp3) is 0.433. The molecule has 0 spiro atoms. The molecule has 1 aromatic heterocycles. The van der Waals surface area contributed by atoms with E-state index >= 15 is 0 Å². The van der Waals surface area contributed by atoms with Crippen LogP contribution < -0.4 is 4.57 Å². The lowest BCUT2D eigenvalue weighted by Gasteiger charge is -2.35. The van der Waals surface area contributed by atoms with Gasteiger partial charge in [-0.05, 0) is 103 Å². The van der Waals surface area contributed by atoms with E-state index in [2.05, 4.69) is 88.8 Å². The number of aryl methyl sites for hydroxylation is 4. The second-order valence-corrected chi connectivity index (χ2v) is 10.9. The number of hydrogen-bond donors (Lipinski definition) is 0. The number of rotatable bonds is 2. The molecule has 160 valence electrons. The molecule has 0 aliphatic heterocycles. The van der Waals surface area contributed by atoms with E-state index in [1.54, 1.807) is 5.56 Å². The molecule has 0 amide bonds. The fourth-order valence-electron chi connectivity index (χ4n) is 6.12. The molecule has 0 radical (unpaired) electrons. The van der Waals surface area contributed by atoms with E-state index in [1.165, 1.54) is 75.9 Å². The Hall–Kier alpha value is -2.41. The van der Waals surface area contributed by atoms with Crippen LogP contribution in [0.1, 0.15) is 78.8 Å². The van der Waals surface area contributed by atoms with Gasteiger partial charge in [0.15, 0.2) is 6.20 Å². The summed E-state index contributed by atoms with van der Waals surface area (Å²) in [5.74, 6) is 0.699. The average Bonchev–Trinajstić information content (AvgIpc) is 3.09. The van der Waals surface area contributed by atoms with Crippen LogP contribution in [-0.4, -0.2) is 0 Å². The molecule has 1 saturated carbocycles. The van der Waals surface area contributed by atoms with Gasteiger partial charge >= 0.3 is 0 Å². The van der Waals surface area contributed by atoms with Gasteiger partial charge in [-0.15, -0.1) is 0 Å². The minimum absolute atomic E-state index is 0.507. The van der Waals surface area contributed by atoms with E-state index in [0.717, 1.165) is 6.42 Å². The summed E-state index contributed by atoms with van der Waals surface area (Å²) in [5.41, 5.74) is 15.0. The van der Waals surface area contributed by atoms with Crippen molar-refractivity contribution < 1.29 is 4.57 Å². The Kier molecular flexibility index (Phi) is 4.84. The lowest BCUT2D eigenvalue weighted by molar-refractivity contribution is -0.660. The van der Waals surface area contributed by atoms with Gasteiger partial charge in [0.25, 0.3) is 0 Å². The summed E-state index contributed by atoms with van der Waals surface area (Å²) in [6.45, 7) is 11.7. The zero-order valence-electron chi connectivity index (χ0n) is 20.1. The third kappa shape index (κ3) is 3.43. The predicted molar refractivity (Wildman–Crippen MR) is 130 cm³/mol. The Labute approximate surface area is 188 Å². The maximum atomic E-state index is 2.54. The molecule has 1 heteroatoms. The standard InChI is InChI=1S/C30H36N/c1-19-8-7-9-23-24-11-10-20(2)29(27(24)16-26(19)23)28-17-25(21(3)18-31(28)6)22-12-14-30(4,5)15-13-22/h7-11,17-18,22H,12-16H2,1-6H3/q+1. The van der Waals surface area contributed by atoms with E-state index in [1.807, 2.05) is 0 Å². The number of benzene rings is 2. The summed E-state index contributed by atoms with van der Waals surface area (Å²) < 4.78 is 2.37. The fourth-order valence-corrected chi connectivity index (χ4v) is 6.12. The highest BCUT2D eigenvalue weighted by Gasteiger charge is 2.31. The predicted octanol–water partition coefficient (Wildman–Crippen LogP) is 7.36. The van der Waals surface area contributed by atoms with E-state index in [4.69, 9.17) is 0 Å². The lowest BCUT2D eigenvalue weighted by Crippen LogP contribution is -2.33. The maximum Gasteiger partial charge on any atom is 0.213 e. The minimum atomic E-state index is 0.507. The summed E-state index contributed by atoms with van der Waals surface area (Å²) in [4.78, 5) is 0. The third-order valence-corrected chi connectivity index (χ3v) is 8.13. The van der Waals surface area contributed by atoms with Gasteiger partial charge in [-0.3, -0.25) is 0 Å². The van der Waals surface area contributed by atoms with Crippen LogP contribution in [0.25, 0.3) is 22.4 Å². The summed E-state index contributed by atoms with van der Waals surface area (Å²) >= 11 is 0. The number of aromatic nitrogens is 1. The summed E-state index contributed by atoms with van der Waals surface area (Å²) in [5, 5.41) is 0. The van der Waals surface area contributed by atoms with Crippen molar-refractivity contribution in [3.8, 4) is 22.4 Å². The Morgan fingerprint density at radius 1 is 0.839 bits per heavy atom. The molecule has 2 aromatic carbocycles. The van der Waals surface area contributed by atoms with Crippen molar-refractivity contribution in [1.82, 2.24) is 0 Å². The van der Waals surface area contributed by atoms with Gasteiger partial charge in [-0.1, -0.05) is 44.2 Å². The van der Waals surface area contributed by atoms with Gasteiger partial charge in [0.05, 0.1) is 5.56 Å². The Bertz CT molecular complexity index is 1170. The van der Waals surface area contributed by atoms with Crippen molar-refractivity contribution in [1.29, 1.82) is 0 Å². The molecular formula is C30H36N+. The van der Waals surface area contributed by atoms with Gasteiger partial charge < -0.3 is 0 Å². The van der Waals surface area contributed by atoms with Crippen LogP contribution in [0.3, 0.4) is 0 Å². The first-order valence-corrected chi connectivity index (χ1v) is 12.0. The second-order valence-electron chi connectivity index (χ2n) is 10.9. The first-order chi connectivity index (χ1) is 14.7. The Balaban J connectivity index is 1.63. The van der Waals surface area contributed by atoms with Crippen molar-refractivity contribution in [3.63, 3.8) is 0 Å². The summed E-state index contributed by atoms with van der Waals surface area (Å²) in [7, 11) is 2.22. The molecule has 2 aliphatic carbocycles. The van der Waals surface area contributed by atoms with Gasteiger partial charge in [0.1, 0.15) is 7.05 Å². The lowest BCUT2D eigenvalue weighted by atomic mass is 9.70. The van der Waals surface area contributed by atoms with Crippen molar-refractivity contribution in [2.24, 2.45) is 12.5 Å². The van der Waals surface area contributed by atoms with E-state index in [0.29, 0.717) is 11.3 Å². The highest BCUT2D eigenvalue weighted by molar-refractivity contribution is 5.85. The first kappa shape index (κ1) is 20.5. The van der Waals surface area contributed by atoms with Crippen LogP contribution in [0.4, 0.5) is 0 Å². The SMILES string of the molecule is Cc1c[n+](C)c(-c2c(C)ccc3c2Cc2c(C)cccc2-3)cc1C1CCC(C)(C)CC1. The van der Waals surface area contributed by atoms with Gasteiger partial charge in [0.2, 0.25) is 5.69 Å². The maximum absolute atomic E-state index is 2.54. The average molecular weight is 411 g/mol. The van der Waals surface area contributed by atoms with Gasteiger partial charge in [0, 0.05) is 11.6 Å². The summed E-state index contributed by atoms with van der Waals surface area (Å²) in [6, 6.07) is 14.0. The molecule has 2 aliphatic rings. The van der Waals surface area contributed by atoms with Crippen molar-refractivity contribution in [2.75, 3.05) is 0 Å². The number of fused-ring (bicyclic) bond motifs is 3. The third-order valence-electron chi connectivity index (χ3n) is 8.13. The minimum Gasteiger partial charge on any atom is -0.201 e. The smallest absolute Gasteiger partial charge is 0.201 e. The molecule has 1 heterocycles. The zero-order valence-corrected chi connectivity index (χ0v) is 20.1. The zero-order chi connectivity index (χ0) is 21.9. The topological polar surface area (TPSA) is 3.88 Å². The molecule has 1 nitrogen and oxygen atoms in total. The number of hydrogen-bond acceptors (Lipinski definition) is 0. The highest BCUT2D eigenvalue weighted by Crippen LogP contribution is 2.46. The van der Waals surface area contributed by atoms with E-state index in [-0.39, 0.29) is 0 Å². The van der Waals surface area contributed by atoms with Gasteiger partial charge in [-0.25, -0.2) is 4.57 Å². The summed E-state index contributed by atoms with van der Waals surface area (Å²) in [6.07, 6.45) is 8.73. The molecule has 0 atom stereocenters. The molecule has 0 saturated heterocycles. The molecule has 0 bridgehead atoms. The van der Waals surface area contributed by atoms with Crippen LogP contribution >= 0.6 is 0 Å². The number of nitrogens with zero attached hydrogens (tertiary/aromatic N) is 1. The quantitative estimate of drug-likeness (QED) is 0.304. The Morgan fingerprint density at radius 3 is 2.29 bits per heavy atom. The van der Waals surface area contributed by atoms with Crippen molar-refractivity contribution in [2.45, 2.75) is 72.6 Å². The van der Waals surface area contributed by atoms with E-state index in [9.17, 15) is 0 Å². The van der Waals surface area contributed by atoms with Crippen molar-refractivity contribution >= 4 is 0 Å². The molecule has 1 fully saturated rings. The first-order valence-electron chi connectivity index (χ1n) is 12.0. The second kappa shape index (κ2) is 7.33. The molecule has 0 unspecified atom stereocenters.